The van der Waals surface area contributed by atoms with Crippen LogP contribution in [0.15, 0.2) is 39.7 Å². The summed E-state index contributed by atoms with van der Waals surface area (Å²) < 4.78 is 10.1. The van der Waals surface area contributed by atoms with Crippen molar-refractivity contribution in [1.29, 1.82) is 0 Å². The van der Waals surface area contributed by atoms with Crippen molar-refractivity contribution in [3.05, 3.63) is 56.5 Å². The van der Waals surface area contributed by atoms with Gasteiger partial charge in [-0.2, -0.15) is 14.5 Å². The number of nitrogens with zero attached hydrogens (tertiary/aromatic N) is 6. The van der Waals surface area contributed by atoms with E-state index in [1.165, 1.54) is 11.7 Å². The molecule has 0 saturated heterocycles. The van der Waals surface area contributed by atoms with E-state index >= 15 is 0 Å². The van der Waals surface area contributed by atoms with E-state index in [4.69, 9.17) is 4.74 Å². The van der Waals surface area contributed by atoms with Crippen LogP contribution in [0.1, 0.15) is 22.8 Å². The number of tetrazole rings is 1. The highest BCUT2D eigenvalue weighted by molar-refractivity contribution is 9.10. The smallest absolute Gasteiger partial charge is 0.363 e. The van der Waals surface area contributed by atoms with Crippen LogP contribution in [-0.4, -0.2) is 35.5 Å². The van der Waals surface area contributed by atoms with Crippen molar-refractivity contribution < 1.29 is 9.53 Å². The maximum atomic E-state index is 12.6. The second-order valence-corrected chi connectivity index (χ2v) is 6.13. The summed E-state index contributed by atoms with van der Waals surface area (Å²) in [7, 11) is 1.51. The summed E-state index contributed by atoms with van der Waals surface area (Å²) in [6.07, 6.45) is 1.56. The predicted molar refractivity (Wildman–Crippen MR) is 91.4 cm³/mol. The van der Waals surface area contributed by atoms with Crippen LogP contribution in [-0.2, 0) is 20.1 Å². The number of hydrogen-bond donors (Lipinski definition) is 0. The Bertz CT molecular complexity index is 974. The van der Waals surface area contributed by atoms with E-state index < -0.39 is 5.97 Å². The summed E-state index contributed by atoms with van der Waals surface area (Å²) in [5, 5.41) is 11.5. The molecular weight excluding hydrogens is 392 g/mol. The molecule has 1 aromatic carbocycles. The van der Waals surface area contributed by atoms with Crippen LogP contribution in [0, 0.1) is 0 Å². The maximum absolute atomic E-state index is 12.6. The molecule has 2 aromatic heterocycles. The first-order valence-corrected chi connectivity index (χ1v) is 8.28. The van der Waals surface area contributed by atoms with Gasteiger partial charge in [0.25, 0.3) is 0 Å². The van der Waals surface area contributed by atoms with Crippen LogP contribution in [0.25, 0.3) is 0 Å². The van der Waals surface area contributed by atoms with Gasteiger partial charge in [0.1, 0.15) is 0 Å². The van der Waals surface area contributed by atoms with Crippen LogP contribution >= 0.6 is 15.9 Å². The second-order valence-electron chi connectivity index (χ2n) is 5.22. The second kappa shape index (κ2) is 7.01. The SMILES string of the molecule is CCn1nccc1OC(=O)c1ccc(Br)cc1Cn1nnn(C)c1=O. The van der Waals surface area contributed by atoms with Gasteiger partial charge >= 0.3 is 11.7 Å². The molecule has 0 bridgehead atoms. The van der Waals surface area contributed by atoms with Gasteiger partial charge in [-0.3, -0.25) is 0 Å². The third-order valence-corrected chi connectivity index (χ3v) is 4.05. The van der Waals surface area contributed by atoms with Gasteiger partial charge in [-0.15, -0.1) is 0 Å². The number of hydrogen-bond acceptors (Lipinski definition) is 6. The van der Waals surface area contributed by atoms with E-state index in [0.717, 1.165) is 9.15 Å². The normalized spacial score (nSPS) is 10.8. The lowest BCUT2D eigenvalue weighted by Crippen LogP contribution is -2.25. The first-order chi connectivity index (χ1) is 12.0. The minimum Gasteiger partial charge on any atom is -0.404 e. The van der Waals surface area contributed by atoms with E-state index in [1.807, 2.05) is 6.92 Å². The predicted octanol–water partition coefficient (Wildman–Crippen LogP) is 1.22. The Morgan fingerprint density at radius 1 is 1.24 bits per heavy atom. The zero-order chi connectivity index (χ0) is 18.0. The van der Waals surface area contributed by atoms with Crippen molar-refractivity contribution >= 4 is 21.9 Å². The molecule has 0 fully saturated rings. The molecule has 9 nitrogen and oxygen atoms in total. The fourth-order valence-corrected chi connectivity index (χ4v) is 2.71. The van der Waals surface area contributed by atoms with E-state index in [2.05, 4.69) is 31.5 Å². The molecule has 2 heterocycles. The summed E-state index contributed by atoms with van der Waals surface area (Å²) in [5.74, 6) is -0.173. The molecule has 0 aliphatic heterocycles. The number of carbonyl (C=O) groups excluding carboxylic acids is 1. The van der Waals surface area contributed by atoms with Gasteiger partial charge in [-0.25, -0.2) is 14.3 Å². The van der Waals surface area contributed by atoms with Crippen LogP contribution in [0.2, 0.25) is 0 Å². The molecule has 0 N–H and O–H groups in total. The molecular formula is C15H15BrN6O3. The summed E-state index contributed by atoms with van der Waals surface area (Å²) in [6, 6.07) is 6.73. The van der Waals surface area contributed by atoms with Gasteiger partial charge in [-0.1, -0.05) is 15.9 Å². The number of ether oxygens (including phenoxy) is 1. The highest BCUT2D eigenvalue weighted by Crippen LogP contribution is 2.20. The highest BCUT2D eigenvalue weighted by Gasteiger charge is 2.18. The molecule has 0 unspecified atom stereocenters. The summed E-state index contributed by atoms with van der Waals surface area (Å²) in [5.41, 5.74) is 0.553. The Balaban J connectivity index is 1.92. The first-order valence-electron chi connectivity index (χ1n) is 7.48. The fourth-order valence-electron chi connectivity index (χ4n) is 2.30. The Morgan fingerprint density at radius 3 is 2.72 bits per heavy atom. The fraction of sp³-hybridized carbons (Fsp3) is 0.267. The summed E-state index contributed by atoms with van der Waals surface area (Å²) in [4.78, 5) is 24.5. The zero-order valence-corrected chi connectivity index (χ0v) is 15.2. The Kier molecular flexibility index (Phi) is 4.79. The highest BCUT2D eigenvalue weighted by atomic mass is 79.9. The molecule has 3 aromatic rings. The molecule has 10 heteroatoms. The Morgan fingerprint density at radius 2 is 2.04 bits per heavy atom. The van der Waals surface area contributed by atoms with Gasteiger partial charge in [0.2, 0.25) is 5.88 Å². The topological polar surface area (TPSA) is 96.8 Å². The minimum absolute atomic E-state index is 0.101. The molecule has 0 aliphatic rings. The van der Waals surface area contributed by atoms with Crippen molar-refractivity contribution in [3.8, 4) is 5.88 Å². The number of halogens is 1. The third kappa shape index (κ3) is 3.53. The van der Waals surface area contributed by atoms with Gasteiger partial charge in [0, 0.05) is 24.1 Å². The number of esters is 1. The van der Waals surface area contributed by atoms with Crippen molar-refractivity contribution in [3.63, 3.8) is 0 Å². The van der Waals surface area contributed by atoms with E-state index in [0.29, 0.717) is 23.6 Å². The molecule has 25 heavy (non-hydrogen) atoms. The number of aryl methyl sites for hydroxylation is 2. The summed E-state index contributed by atoms with van der Waals surface area (Å²) in [6.45, 7) is 2.58. The average Bonchev–Trinajstić information content (AvgIpc) is 3.16. The van der Waals surface area contributed by atoms with Gasteiger partial charge in [0.05, 0.1) is 18.3 Å². The average molecular weight is 407 g/mol. The minimum atomic E-state index is -0.533. The summed E-state index contributed by atoms with van der Waals surface area (Å²) >= 11 is 3.37. The lowest BCUT2D eigenvalue weighted by molar-refractivity contribution is 0.0717. The standard InChI is InChI=1S/C15H15BrN6O3/c1-3-21-13(6-7-17-21)25-14(23)12-5-4-11(16)8-10(12)9-22-15(24)20(2)18-19-22/h4-8H,3,9H2,1-2H3. The maximum Gasteiger partial charge on any atom is 0.363 e. The van der Waals surface area contributed by atoms with Gasteiger partial charge in [0.15, 0.2) is 0 Å². The van der Waals surface area contributed by atoms with Gasteiger partial charge < -0.3 is 4.74 Å². The number of carbonyl (C=O) groups is 1. The molecule has 0 spiro atoms. The molecule has 0 atom stereocenters. The van der Waals surface area contributed by atoms with Crippen molar-refractivity contribution in [2.24, 2.45) is 7.05 Å². The largest absolute Gasteiger partial charge is 0.404 e. The monoisotopic (exact) mass is 406 g/mol. The number of benzene rings is 1. The Labute approximate surface area is 150 Å². The molecule has 0 radical (unpaired) electrons. The molecule has 0 aliphatic carbocycles. The van der Waals surface area contributed by atoms with E-state index in [-0.39, 0.29) is 12.2 Å². The third-order valence-electron chi connectivity index (χ3n) is 3.56. The lowest BCUT2D eigenvalue weighted by atomic mass is 10.1. The lowest BCUT2D eigenvalue weighted by Gasteiger charge is -2.10. The molecule has 130 valence electrons. The molecule has 0 saturated carbocycles. The van der Waals surface area contributed by atoms with Crippen LogP contribution in [0.5, 0.6) is 5.88 Å². The van der Waals surface area contributed by atoms with Crippen molar-refractivity contribution in [1.82, 2.24) is 29.6 Å². The molecule has 3 rings (SSSR count). The first kappa shape index (κ1) is 17.1. The Hall–Kier alpha value is -2.75. The van der Waals surface area contributed by atoms with Crippen LogP contribution in [0.4, 0.5) is 0 Å². The van der Waals surface area contributed by atoms with Crippen LogP contribution < -0.4 is 10.4 Å². The van der Waals surface area contributed by atoms with Crippen LogP contribution in [0.3, 0.4) is 0 Å². The number of rotatable bonds is 5. The van der Waals surface area contributed by atoms with Gasteiger partial charge in [-0.05, 0) is 41.1 Å². The van der Waals surface area contributed by atoms with E-state index in [1.54, 1.807) is 35.1 Å². The number of aromatic nitrogens is 6. The van der Waals surface area contributed by atoms with E-state index in [9.17, 15) is 9.59 Å². The quantitative estimate of drug-likeness (QED) is 0.591. The zero-order valence-electron chi connectivity index (χ0n) is 13.6. The molecule has 0 amide bonds. The van der Waals surface area contributed by atoms with Crippen molar-refractivity contribution in [2.75, 3.05) is 0 Å². The van der Waals surface area contributed by atoms with Crippen molar-refractivity contribution in [2.45, 2.75) is 20.0 Å².